The van der Waals surface area contributed by atoms with Gasteiger partial charge in [0, 0.05) is 22.6 Å². The molecular formula is C6H3IN2O2. The number of nitrogens with zero attached hydrogens (tertiary/aromatic N) is 2. The molecule has 0 aliphatic rings. The topological polar surface area (TPSA) is 52.1 Å². The van der Waals surface area contributed by atoms with Crippen LogP contribution in [-0.4, -0.2) is 10.2 Å². The molecule has 0 saturated carbocycles. The Balaban J connectivity index is 2.45. The minimum absolute atomic E-state index is 0.489. The summed E-state index contributed by atoms with van der Waals surface area (Å²) in [4.78, 5) is 0. The van der Waals surface area contributed by atoms with E-state index in [0.29, 0.717) is 9.79 Å². The Hall–Kier alpha value is -0.850. The summed E-state index contributed by atoms with van der Waals surface area (Å²) in [5.41, 5.74) is 0.806. The van der Waals surface area contributed by atoms with Crippen molar-refractivity contribution in [2.24, 2.45) is 0 Å². The van der Waals surface area contributed by atoms with E-state index in [0.717, 1.165) is 5.56 Å². The molecule has 0 amide bonds. The summed E-state index contributed by atoms with van der Waals surface area (Å²) in [6.07, 6.45) is 3.12. The summed E-state index contributed by atoms with van der Waals surface area (Å²) in [6.45, 7) is 0. The Labute approximate surface area is 75.7 Å². The van der Waals surface area contributed by atoms with E-state index in [2.05, 4.69) is 10.2 Å². The highest BCUT2D eigenvalue weighted by molar-refractivity contribution is 14.1. The minimum atomic E-state index is 0.489. The Morgan fingerprint density at radius 1 is 1.36 bits per heavy atom. The van der Waals surface area contributed by atoms with Crippen LogP contribution in [0, 0.1) is 3.90 Å². The summed E-state index contributed by atoms with van der Waals surface area (Å²) < 4.78 is 10.5. The zero-order valence-corrected chi connectivity index (χ0v) is 7.48. The van der Waals surface area contributed by atoms with Crippen LogP contribution in [0.2, 0.25) is 0 Å². The van der Waals surface area contributed by atoms with Gasteiger partial charge >= 0.3 is 0 Å². The fourth-order valence-electron chi connectivity index (χ4n) is 0.708. The summed E-state index contributed by atoms with van der Waals surface area (Å²) in [7, 11) is 0. The van der Waals surface area contributed by atoms with Crippen molar-refractivity contribution in [1.82, 2.24) is 10.2 Å². The van der Waals surface area contributed by atoms with Gasteiger partial charge in [-0.3, -0.25) is 0 Å². The lowest BCUT2D eigenvalue weighted by atomic mass is 10.3. The highest BCUT2D eigenvalue weighted by Gasteiger charge is 2.06. The van der Waals surface area contributed by atoms with Crippen molar-refractivity contribution in [1.29, 1.82) is 0 Å². The standard InChI is InChI=1S/C6H3IN2O2/c7-6-9-8-5(11-6)4-1-2-10-3-4/h1-3H. The lowest BCUT2D eigenvalue weighted by molar-refractivity contribution is 0.532. The number of halogens is 1. The molecule has 0 atom stereocenters. The third kappa shape index (κ3) is 1.28. The lowest BCUT2D eigenvalue weighted by Gasteiger charge is -1.80. The molecule has 0 aromatic carbocycles. The van der Waals surface area contributed by atoms with Gasteiger partial charge in [-0.05, 0) is 6.07 Å². The Kier molecular flexibility index (Phi) is 1.65. The maximum Gasteiger partial charge on any atom is 0.278 e. The second-order valence-electron chi connectivity index (χ2n) is 1.87. The normalized spacial score (nSPS) is 10.3. The molecule has 0 bridgehead atoms. The van der Waals surface area contributed by atoms with Crippen molar-refractivity contribution in [2.45, 2.75) is 0 Å². The summed E-state index contributed by atoms with van der Waals surface area (Å²) in [6, 6.07) is 1.77. The van der Waals surface area contributed by atoms with Crippen LogP contribution in [0.15, 0.2) is 27.4 Å². The van der Waals surface area contributed by atoms with Gasteiger partial charge in [0.15, 0.2) is 0 Å². The molecule has 2 aromatic heterocycles. The molecule has 4 nitrogen and oxygen atoms in total. The van der Waals surface area contributed by atoms with Crippen LogP contribution in [0.4, 0.5) is 0 Å². The molecular weight excluding hydrogens is 259 g/mol. The van der Waals surface area contributed by atoms with Crippen LogP contribution in [0.5, 0.6) is 0 Å². The molecule has 2 heterocycles. The Morgan fingerprint density at radius 2 is 2.27 bits per heavy atom. The van der Waals surface area contributed by atoms with Crippen LogP contribution in [0.1, 0.15) is 0 Å². The molecule has 0 unspecified atom stereocenters. The lowest BCUT2D eigenvalue weighted by Crippen LogP contribution is -1.71. The van der Waals surface area contributed by atoms with E-state index in [1.165, 1.54) is 0 Å². The molecule has 2 aromatic rings. The Bertz CT molecular complexity index is 341. The van der Waals surface area contributed by atoms with E-state index in [9.17, 15) is 0 Å². The van der Waals surface area contributed by atoms with Crippen molar-refractivity contribution in [2.75, 3.05) is 0 Å². The van der Waals surface area contributed by atoms with E-state index in [-0.39, 0.29) is 0 Å². The molecule has 0 fully saturated rings. The second kappa shape index (κ2) is 2.65. The summed E-state index contributed by atoms with van der Waals surface area (Å²) in [5.74, 6) is 0.489. The monoisotopic (exact) mass is 262 g/mol. The maximum atomic E-state index is 5.13. The number of hydrogen-bond acceptors (Lipinski definition) is 4. The number of hydrogen-bond donors (Lipinski definition) is 0. The van der Waals surface area contributed by atoms with Gasteiger partial charge in [0.1, 0.15) is 6.26 Å². The molecule has 56 valence electrons. The van der Waals surface area contributed by atoms with Crippen LogP contribution < -0.4 is 0 Å². The predicted octanol–water partition coefficient (Wildman–Crippen LogP) is 1.93. The third-order valence-corrected chi connectivity index (χ3v) is 1.60. The molecule has 0 aliphatic heterocycles. The number of furan rings is 1. The van der Waals surface area contributed by atoms with Crippen molar-refractivity contribution >= 4 is 22.6 Å². The zero-order valence-electron chi connectivity index (χ0n) is 5.32. The van der Waals surface area contributed by atoms with E-state index in [1.807, 2.05) is 22.6 Å². The van der Waals surface area contributed by atoms with Gasteiger partial charge < -0.3 is 8.83 Å². The maximum absolute atomic E-state index is 5.13. The second-order valence-corrected chi connectivity index (χ2v) is 2.80. The summed E-state index contributed by atoms with van der Waals surface area (Å²) >= 11 is 1.95. The van der Waals surface area contributed by atoms with Gasteiger partial charge in [0.05, 0.1) is 11.8 Å². The predicted molar refractivity (Wildman–Crippen MR) is 44.7 cm³/mol. The average Bonchev–Trinajstić information content (AvgIpc) is 2.55. The van der Waals surface area contributed by atoms with Gasteiger partial charge in [-0.2, -0.15) is 0 Å². The first-order valence-electron chi connectivity index (χ1n) is 2.88. The summed E-state index contributed by atoms with van der Waals surface area (Å²) in [5, 5.41) is 7.48. The van der Waals surface area contributed by atoms with Crippen LogP contribution in [0.25, 0.3) is 11.5 Å². The SMILES string of the molecule is Ic1nnc(-c2ccoc2)o1. The first-order valence-corrected chi connectivity index (χ1v) is 3.96. The molecule has 0 spiro atoms. The van der Waals surface area contributed by atoms with Gasteiger partial charge in [-0.15, -0.1) is 10.2 Å². The van der Waals surface area contributed by atoms with Crippen molar-refractivity contribution in [3.8, 4) is 11.5 Å². The third-order valence-electron chi connectivity index (χ3n) is 1.17. The van der Waals surface area contributed by atoms with Crippen molar-refractivity contribution < 1.29 is 8.83 Å². The highest BCUT2D eigenvalue weighted by atomic mass is 127. The molecule has 0 radical (unpaired) electrons. The van der Waals surface area contributed by atoms with Gasteiger partial charge in [-0.25, -0.2) is 0 Å². The molecule has 5 heteroatoms. The molecule has 2 rings (SSSR count). The molecule has 0 N–H and O–H groups in total. The van der Waals surface area contributed by atoms with Crippen molar-refractivity contribution in [3.05, 3.63) is 22.5 Å². The molecule has 0 saturated heterocycles. The zero-order chi connectivity index (χ0) is 7.68. The average molecular weight is 262 g/mol. The first-order chi connectivity index (χ1) is 5.36. The number of aromatic nitrogens is 2. The molecule has 11 heavy (non-hydrogen) atoms. The quantitative estimate of drug-likeness (QED) is 0.737. The van der Waals surface area contributed by atoms with E-state index >= 15 is 0 Å². The first kappa shape index (κ1) is 6.84. The van der Waals surface area contributed by atoms with Crippen LogP contribution in [0.3, 0.4) is 0 Å². The van der Waals surface area contributed by atoms with Gasteiger partial charge in [-0.1, -0.05) is 0 Å². The number of rotatable bonds is 1. The smallest absolute Gasteiger partial charge is 0.278 e. The fourth-order valence-corrected chi connectivity index (χ4v) is 1.02. The van der Waals surface area contributed by atoms with Gasteiger partial charge in [0.25, 0.3) is 9.79 Å². The Morgan fingerprint density at radius 3 is 2.82 bits per heavy atom. The molecule has 0 aliphatic carbocycles. The van der Waals surface area contributed by atoms with E-state index in [1.54, 1.807) is 18.6 Å². The fraction of sp³-hybridized carbons (Fsp3) is 0. The highest BCUT2D eigenvalue weighted by Crippen LogP contribution is 2.17. The van der Waals surface area contributed by atoms with E-state index < -0.39 is 0 Å². The van der Waals surface area contributed by atoms with Crippen LogP contribution >= 0.6 is 22.6 Å². The largest absolute Gasteiger partial charge is 0.472 e. The van der Waals surface area contributed by atoms with Gasteiger partial charge in [0.2, 0.25) is 0 Å². The minimum Gasteiger partial charge on any atom is -0.472 e. The van der Waals surface area contributed by atoms with E-state index in [4.69, 9.17) is 8.83 Å². The van der Waals surface area contributed by atoms with Crippen LogP contribution in [-0.2, 0) is 0 Å². The van der Waals surface area contributed by atoms with Crippen molar-refractivity contribution in [3.63, 3.8) is 0 Å².